The van der Waals surface area contributed by atoms with E-state index in [0.29, 0.717) is 10.8 Å². The molecule has 1 aromatic carbocycles. The molecule has 0 radical (unpaired) electrons. The first-order valence-electron chi connectivity index (χ1n) is 4.19. The van der Waals surface area contributed by atoms with Gasteiger partial charge in [0.25, 0.3) is 6.01 Å². The minimum Gasteiger partial charge on any atom is -0.480 e. The molecule has 1 aromatic heterocycles. The van der Waals surface area contributed by atoms with Gasteiger partial charge in [-0.3, -0.25) is 4.57 Å². The van der Waals surface area contributed by atoms with Gasteiger partial charge in [0.2, 0.25) is 0 Å². The third-order valence-electron chi connectivity index (χ3n) is 1.98. The van der Waals surface area contributed by atoms with Crippen LogP contribution in [0.2, 0.25) is 5.15 Å². The Balaban J connectivity index is 2.62. The molecule has 0 aliphatic rings. The monoisotopic (exact) mass is 208 g/mol. The molecule has 4 heteroatoms. The number of nitrogens with zero attached hydrogens (tertiary/aromatic N) is 2. The van der Waals surface area contributed by atoms with Gasteiger partial charge in [0.1, 0.15) is 5.15 Å². The summed E-state index contributed by atoms with van der Waals surface area (Å²) in [6, 6.07) is 9.28. The fraction of sp³-hybridized carbons (Fsp3) is 0.100. The fourth-order valence-corrected chi connectivity index (χ4v) is 1.52. The standard InChI is InChI=1S/C10H9ClN2O/c1-7-9(11)13(10(14)12-7)8-5-3-2-4-6-8/h2-6H,1H3,(H,12,14). The maximum absolute atomic E-state index is 9.53. The van der Waals surface area contributed by atoms with Gasteiger partial charge in [0.15, 0.2) is 0 Å². The number of halogens is 1. The average Bonchev–Trinajstić information content (AvgIpc) is 2.43. The van der Waals surface area contributed by atoms with Gasteiger partial charge in [-0.05, 0) is 19.1 Å². The van der Waals surface area contributed by atoms with E-state index in [-0.39, 0.29) is 6.01 Å². The first-order chi connectivity index (χ1) is 6.70. The summed E-state index contributed by atoms with van der Waals surface area (Å²) in [5, 5.41) is 9.97. The van der Waals surface area contributed by atoms with Crippen LogP contribution in [0.4, 0.5) is 0 Å². The van der Waals surface area contributed by atoms with Crippen LogP contribution in [0.3, 0.4) is 0 Å². The maximum atomic E-state index is 9.53. The first-order valence-corrected chi connectivity index (χ1v) is 4.57. The summed E-state index contributed by atoms with van der Waals surface area (Å²) in [5.41, 5.74) is 1.42. The second-order valence-electron chi connectivity index (χ2n) is 2.96. The van der Waals surface area contributed by atoms with E-state index in [1.54, 1.807) is 6.92 Å². The van der Waals surface area contributed by atoms with E-state index >= 15 is 0 Å². The maximum Gasteiger partial charge on any atom is 0.299 e. The molecule has 0 aliphatic heterocycles. The zero-order chi connectivity index (χ0) is 10.1. The first kappa shape index (κ1) is 9.09. The fourth-order valence-electron chi connectivity index (χ4n) is 1.30. The summed E-state index contributed by atoms with van der Waals surface area (Å²) in [7, 11) is 0. The van der Waals surface area contributed by atoms with E-state index in [4.69, 9.17) is 11.6 Å². The van der Waals surface area contributed by atoms with Gasteiger partial charge < -0.3 is 5.11 Å². The van der Waals surface area contributed by atoms with Crippen LogP contribution in [-0.4, -0.2) is 14.7 Å². The lowest BCUT2D eigenvalue weighted by Gasteiger charge is -2.03. The minimum absolute atomic E-state index is 0.0845. The van der Waals surface area contributed by atoms with Crippen LogP contribution in [-0.2, 0) is 0 Å². The Morgan fingerprint density at radius 2 is 1.93 bits per heavy atom. The molecular weight excluding hydrogens is 200 g/mol. The Morgan fingerprint density at radius 1 is 1.29 bits per heavy atom. The Kier molecular flexibility index (Phi) is 2.17. The second kappa shape index (κ2) is 3.35. The SMILES string of the molecule is Cc1nc(O)n(-c2ccccc2)c1Cl. The molecule has 0 bridgehead atoms. The van der Waals surface area contributed by atoms with Gasteiger partial charge in [-0.15, -0.1) is 0 Å². The van der Waals surface area contributed by atoms with Crippen LogP contribution < -0.4 is 0 Å². The van der Waals surface area contributed by atoms with Crippen LogP contribution in [0.1, 0.15) is 5.69 Å². The molecular formula is C10H9ClN2O. The molecule has 0 fully saturated rings. The van der Waals surface area contributed by atoms with Crippen molar-refractivity contribution < 1.29 is 5.11 Å². The van der Waals surface area contributed by atoms with Crippen molar-refractivity contribution in [2.45, 2.75) is 6.92 Å². The molecule has 3 nitrogen and oxygen atoms in total. The highest BCUT2D eigenvalue weighted by molar-refractivity contribution is 6.30. The Hall–Kier alpha value is -1.48. The third kappa shape index (κ3) is 1.36. The Labute approximate surface area is 86.6 Å². The highest BCUT2D eigenvalue weighted by atomic mass is 35.5. The lowest BCUT2D eigenvalue weighted by atomic mass is 10.3. The zero-order valence-electron chi connectivity index (χ0n) is 7.61. The smallest absolute Gasteiger partial charge is 0.299 e. The predicted octanol–water partition coefficient (Wildman–Crippen LogP) is 2.54. The van der Waals surface area contributed by atoms with Crippen molar-refractivity contribution in [2.75, 3.05) is 0 Å². The number of para-hydroxylation sites is 1. The van der Waals surface area contributed by atoms with Crippen molar-refractivity contribution in [1.29, 1.82) is 0 Å². The van der Waals surface area contributed by atoms with E-state index in [2.05, 4.69) is 4.98 Å². The molecule has 2 aromatic rings. The van der Waals surface area contributed by atoms with Crippen molar-refractivity contribution in [3.05, 3.63) is 41.2 Å². The van der Waals surface area contributed by atoms with Crippen LogP contribution in [0.25, 0.3) is 5.69 Å². The van der Waals surface area contributed by atoms with Crippen molar-refractivity contribution in [2.24, 2.45) is 0 Å². The van der Waals surface area contributed by atoms with Gasteiger partial charge in [-0.25, -0.2) is 0 Å². The van der Waals surface area contributed by atoms with Gasteiger partial charge in [0.05, 0.1) is 11.4 Å². The number of aryl methyl sites for hydroxylation is 1. The second-order valence-corrected chi connectivity index (χ2v) is 3.32. The zero-order valence-corrected chi connectivity index (χ0v) is 8.36. The topological polar surface area (TPSA) is 38.1 Å². The van der Waals surface area contributed by atoms with Crippen LogP contribution in [0, 0.1) is 6.92 Å². The molecule has 0 saturated heterocycles. The molecule has 0 atom stereocenters. The van der Waals surface area contributed by atoms with Gasteiger partial charge >= 0.3 is 0 Å². The number of rotatable bonds is 1. The van der Waals surface area contributed by atoms with E-state index in [9.17, 15) is 5.11 Å². The molecule has 72 valence electrons. The van der Waals surface area contributed by atoms with Crippen LogP contribution in [0.15, 0.2) is 30.3 Å². The number of benzene rings is 1. The summed E-state index contributed by atoms with van der Waals surface area (Å²) in [6.07, 6.45) is 0. The molecule has 1 heterocycles. The Bertz CT molecular complexity index is 451. The highest BCUT2D eigenvalue weighted by Gasteiger charge is 2.12. The minimum atomic E-state index is -0.0845. The number of imidazole rings is 1. The van der Waals surface area contributed by atoms with E-state index < -0.39 is 0 Å². The predicted molar refractivity (Wildman–Crippen MR) is 55.0 cm³/mol. The molecule has 0 spiro atoms. The quantitative estimate of drug-likeness (QED) is 0.782. The van der Waals surface area contributed by atoms with Crippen molar-refractivity contribution in [3.8, 4) is 11.7 Å². The molecule has 1 N–H and O–H groups in total. The summed E-state index contributed by atoms with van der Waals surface area (Å²) >= 11 is 5.99. The number of hydrogen-bond acceptors (Lipinski definition) is 2. The number of aromatic hydroxyl groups is 1. The molecule has 14 heavy (non-hydrogen) atoms. The van der Waals surface area contributed by atoms with Crippen molar-refractivity contribution >= 4 is 11.6 Å². The summed E-state index contributed by atoms with van der Waals surface area (Å²) in [6.45, 7) is 1.75. The van der Waals surface area contributed by atoms with E-state index in [0.717, 1.165) is 5.69 Å². The summed E-state index contributed by atoms with van der Waals surface area (Å²) in [4.78, 5) is 3.87. The molecule has 0 aliphatic carbocycles. The van der Waals surface area contributed by atoms with Crippen molar-refractivity contribution in [3.63, 3.8) is 0 Å². The van der Waals surface area contributed by atoms with E-state index in [1.807, 2.05) is 30.3 Å². The molecule has 0 saturated carbocycles. The summed E-state index contributed by atoms with van der Waals surface area (Å²) < 4.78 is 1.50. The average molecular weight is 209 g/mol. The Morgan fingerprint density at radius 3 is 2.43 bits per heavy atom. The molecule has 0 unspecified atom stereocenters. The molecule has 2 rings (SSSR count). The lowest BCUT2D eigenvalue weighted by molar-refractivity contribution is 0.422. The van der Waals surface area contributed by atoms with Gasteiger partial charge in [-0.2, -0.15) is 4.98 Å². The van der Waals surface area contributed by atoms with E-state index in [1.165, 1.54) is 4.57 Å². The van der Waals surface area contributed by atoms with Crippen LogP contribution >= 0.6 is 11.6 Å². The third-order valence-corrected chi connectivity index (χ3v) is 2.42. The highest BCUT2D eigenvalue weighted by Crippen LogP contribution is 2.25. The van der Waals surface area contributed by atoms with Crippen LogP contribution in [0.5, 0.6) is 6.01 Å². The lowest BCUT2D eigenvalue weighted by Crippen LogP contribution is -1.92. The summed E-state index contributed by atoms with van der Waals surface area (Å²) in [5.74, 6) is 0. The normalized spacial score (nSPS) is 10.4. The van der Waals surface area contributed by atoms with Gasteiger partial charge in [-0.1, -0.05) is 29.8 Å². The van der Waals surface area contributed by atoms with Gasteiger partial charge in [0, 0.05) is 0 Å². The van der Waals surface area contributed by atoms with Crippen molar-refractivity contribution in [1.82, 2.24) is 9.55 Å². The molecule has 0 amide bonds. The largest absolute Gasteiger partial charge is 0.480 e. The number of aromatic nitrogens is 2. The number of hydrogen-bond donors (Lipinski definition) is 1.